The molecule has 16 heavy (non-hydrogen) atoms. The maximum atomic E-state index is 12.1. The highest BCUT2D eigenvalue weighted by atomic mass is 16.7. The number of carbonyl (C=O) groups is 1. The van der Waals surface area contributed by atoms with Gasteiger partial charge in [-0.25, -0.2) is 5.48 Å². The minimum atomic E-state index is -0.403. The molecule has 0 saturated carbocycles. The molecule has 0 spiro atoms. The third-order valence-electron chi connectivity index (χ3n) is 2.81. The summed E-state index contributed by atoms with van der Waals surface area (Å²) in [5.74, 6) is -0.0261. The number of nitrogens with one attached hydrogen (secondary N) is 2. The fourth-order valence-corrected chi connectivity index (χ4v) is 2.05. The molecule has 1 unspecified atom stereocenters. The summed E-state index contributed by atoms with van der Waals surface area (Å²) in [7, 11) is 0. The van der Waals surface area contributed by atoms with E-state index in [1.807, 2.05) is 20.8 Å². The van der Waals surface area contributed by atoms with E-state index in [2.05, 4.69) is 17.7 Å². The summed E-state index contributed by atoms with van der Waals surface area (Å²) in [6.45, 7) is 8.77. The van der Waals surface area contributed by atoms with Gasteiger partial charge in [0.05, 0.1) is 5.60 Å². The van der Waals surface area contributed by atoms with E-state index >= 15 is 0 Å². The van der Waals surface area contributed by atoms with Gasteiger partial charge in [-0.2, -0.15) is 0 Å². The van der Waals surface area contributed by atoms with E-state index in [-0.39, 0.29) is 11.5 Å². The average Bonchev–Trinajstić information content (AvgIpc) is 2.63. The molecule has 0 radical (unpaired) electrons. The quantitative estimate of drug-likeness (QED) is 0.721. The molecule has 2 N–H and O–H groups in total. The largest absolute Gasteiger partial charge is 0.303 e. The summed E-state index contributed by atoms with van der Waals surface area (Å²) in [6, 6.07) is 0. The predicted molar refractivity (Wildman–Crippen MR) is 63.9 cm³/mol. The molecule has 0 aromatic carbocycles. The van der Waals surface area contributed by atoms with Gasteiger partial charge in [0.25, 0.3) is 5.91 Å². The summed E-state index contributed by atoms with van der Waals surface area (Å²) in [5.41, 5.74) is 1.84. The van der Waals surface area contributed by atoms with E-state index in [1.54, 1.807) is 0 Å². The normalized spacial score (nSPS) is 25.8. The second kappa shape index (κ2) is 5.15. The number of amides is 1. The van der Waals surface area contributed by atoms with Crippen LogP contribution < -0.4 is 10.8 Å². The first-order valence-electron chi connectivity index (χ1n) is 6.13. The molecule has 1 atom stereocenters. The Labute approximate surface area is 98.1 Å². The van der Waals surface area contributed by atoms with E-state index in [0.29, 0.717) is 0 Å². The summed E-state index contributed by atoms with van der Waals surface area (Å²) >= 11 is 0. The SMILES string of the molecule is CCCC1(C(=O)NOC(C)(C)C)CCCN1. The lowest BCUT2D eigenvalue weighted by Gasteiger charge is -2.29. The van der Waals surface area contributed by atoms with E-state index in [1.165, 1.54) is 0 Å². The van der Waals surface area contributed by atoms with Crippen molar-refractivity contribution >= 4 is 5.91 Å². The van der Waals surface area contributed by atoms with Crippen LogP contribution in [-0.2, 0) is 9.63 Å². The Morgan fingerprint density at radius 2 is 2.19 bits per heavy atom. The Kier molecular flexibility index (Phi) is 4.33. The van der Waals surface area contributed by atoms with Crippen LogP contribution in [0.2, 0.25) is 0 Å². The maximum absolute atomic E-state index is 12.1. The molecular formula is C12H24N2O2. The highest BCUT2D eigenvalue weighted by Gasteiger charge is 2.40. The van der Waals surface area contributed by atoms with Crippen LogP contribution in [0.15, 0.2) is 0 Å². The van der Waals surface area contributed by atoms with Crippen LogP contribution in [0.4, 0.5) is 0 Å². The van der Waals surface area contributed by atoms with Gasteiger partial charge in [-0.15, -0.1) is 0 Å². The van der Waals surface area contributed by atoms with Gasteiger partial charge in [0, 0.05) is 0 Å². The van der Waals surface area contributed by atoms with Crippen LogP contribution >= 0.6 is 0 Å². The summed E-state index contributed by atoms with van der Waals surface area (Å²) < 4.78 is 0. The van der Waals surface area contributed by atoms with Crippen molar-refractivity contribution in [3.05, 3.63) is 0 Å². The van der Waals surface area contributed by atoms with Crippen LogP contribution in [0.5, 0.6) is 0 Å². The lowest BCUT2D eigenvalue weighted by atomic mass is 9.91. The van der Waals surface area contributed by atoms with Crippen molar-refractivity contribution in [2.75, 3.05) is 6.54 Å². The van der Waals surface area contributed by atoms with Gasteiger partial charge in [0.2, 0.25) is 0 Å². The van der Waals surface area contributed by atoms with Gasteiger partial charge in [-0.1, -0.05) is 13.3 Å². The molecule has 1 amide bonds. The number of carbonyl (C=O) groups excluding carboxylic acids is 1. The molecule has 1 saturated heterocycles. The van der Waals surface area contributed by atoms with Crippen LogP contribution in [0.3, 0.4) is 0 Å². The number of hydrogen-bond acceptors (Lipinski definition) is 3. The Bertz CT molecular complexity index is 240. The van der Waals surface area contributed by atoms with E-state index in [0.717, 1.165) is 32.2 Å². The van der Waals surface area contributed by atoms with Crippen molar-refractivity contribution in [2.45, 2.75) is 64.5 Å². The lowest BCUT2D eigenvalue weighted by molar-refractivity contribution is -0.152. The summed E-state index contributed by atoms with van der Waals surface area (Å²) in [5, 5.41) is 3.32. The van der Waals surface area contributed by atoms with Crippen molar-refractivity contribution in [1.82, 2.24) is 10.8 Å². The third-order valence-corrected chi connectivity index (χ3v) is 2.81. The van der Waals surface area contributed by atoms with Crippen LogP contribution in [-0.4, -0.2) is 23.6 Å². The van der Waals surface area contributed by atoms with Crippen molar-refractivity contribution in [3.8, 4) is 0 Å². The average molecular weight is 228 g/mol. The van der Waals surface area contributed by atoms with Gasteiger partial charge in [0.1, 0.15) is 5.54 Å². The van der Waals surface area contributed by atoms with E-state index < -0.39 is 5.54 Å². The molecule has 0 bridgehead atoms. The zero-order valence-electron chi connectivity index (χ0n) is 10.9. The molecule has 94 valence electrons. The monoisotopic (exact) mass is 228 g/mol. The van der Waals surface area contributed by atoms with Gasteiger partial charge < -0.3 is 5.32 Å². The molecule has 1 aliphatic rings. The Hall–Kier alpha value is -0.610. The standard InChI is InChI=1S/C12H24N2O2/c1-5-7-12(8-6-9-13-12)10(15)14-16-11(2,3)4/h13H,5-9H2,1-4H3,(H,14,15). The first kappa shape index (κ1) is 13.5. The number of hydrogen-bond donors (Lipinski definition) is 2. The minimum Gasteiger partial charge on any atom is -0.303 e. The molecule has 0 aromatic rings. The molecule has 0 aliphatic carbocycles. The predicted octanol–water partition coefficient (Wildman–Crippen LogP) is 1.75. The fourth-order valence-electron chi connectivity index (χ4n) is 2.05. The second-order valence-electron chi connectivity index (χ2n) is 5.51. The van der Waals surface area contributed by atoms with E-state index in [9.17, 15) is 4.79 Å². The Morgan fingerprint density at radius 3 is 2.62 bits per heavy atom. The third kappa shape index (κ3) is 3.46. The molecule has 1 aliphatic heterocycles. The summed E-state index contributed by atoms with van der Waals surface area (Å²) in [4.78, 5) is 17.4. The zero-order chi connectivity index (χ0) is 12.2. The minimum absolute atomic E-state index is 0.0261. The highest BCUT2D eigenvalue weighted by Crippen LogP contribution is 2.25. The maximum Gasteiger partial charge on any atom is 0.263 e. The molecular weight excluding hydrogens is 204 g/mol. The smallest absolute Gasteiger partial charge is 0.263 e. The Balaban J connectivity index is 2.55. The highest BCUT2D eigenvalue weighted by molar-refractivity contribution is 5.85. The molecule has 4 nitrogen and oxygen atoms in total. The molecule has 1 fully saturated rings. The number of hydroxylamine groups is 1. The molecule has 1 heterocycles. The van der Waals surface area contributed by atoms with Crippen LogP contribution in [0, 0.1) is 0 Å². The van der Waals surface area contributed by atoms with E-state index in [4.69, 9.17) is 4.84 Å². The second-order valence-corrected chi connectivity index (χ2v) is 5.51. The fraction of sp³-hybridized carbons (Fsp3) is 0.917. The van der Waals surface area contributed by atoms with Crippen molar-refractivity contribution in [1.29, 1.82) is 0 Å². The van der Waals surface area contributed by atoms with Gasteiger partial charge in [0.15, 0.2) is 0 Å². The number of rotatable bonds is 4. The molecule has 4 heteroatoms. The van der Waals surface area contributed by atoms with Crippen LogP contribution in [0.1, 0.15) is 53.4 Å². The van der Waals surface area contributed by atoms with Crippen molar-refractivity contribution in [3.63, 3.8) is 0 Å². The zero-order valence-corrected chi connectivity index (χ0v) is 10.9. The first-order valence-corrected chi connectivity index (χ1v) is 6.13. The van der Waals surface area contributed by atoms with Crippen LogP contribution in [0.25, 0.3) is 0 Å². The topological polar surface area (TPSA) is 50.4 Å². The Morgan fingerprint density at radius 1 is 1.50 bits per heavy atom. The summed E-state index contributed by atoms with van der Waals surface area (Å²) in [6.07, 6.45) is 3.82. The molecule has 1 rings (SSSR count). The van der Waals surface area contributed by atoms with Gasteiger partial charge in [-0.05, 0) is 46.6 Å². The van der Waals surface area contributed by atoms with Gasteiger partial charge in [-0.3, -0.25) is 9.63 Å². The first-order chi connectivity index (χ1) is 7.40. The van der Waals surface area contributed by atoms with Gasteiger partial charge >= 0.3 is 0 Å². The molecule has 0 aromatic heterocycles. The van der Waals surface area contributed by atoms with Crippen molar-refractivity contribution in [2.24, 2.45) is 0 Å². The lowest BCUT2D eigenvalue weighted by Crippen LogP contribution is -2.54. The van der Waals surface area contributed by atoms with Crippen molar-refractivity contribution < 1.29 is 9.63 Å².